The van der Waals surface area contributed by atoms with E-state index in [1.807, 2.05) is 0 Å². The first-order valence-corrected chi connectivity index (χ1v) is 8.37. The van der Waals surface area contributed by atoms with Crippen molar-refractivity contribution in [3.8, 4) is 0 Å². The highest BCUT2D eigenvalue weighted by molar-refractivity contribution is 6.30. The lowest BCUT2D eigenvalue weighted by Crippen LogP contribution is -2.46. The van der Waals surface area contributed by atoms with Gasteiger partial charge in [-0.15, -0.1) is 0 Å². The number of amides is 1. The van der Waals surface area contributed by atoms with Gasteiger partial charge in [0, 0.05) is 18.1 Å². The van der Waals surface area contributed by atoms with Crippen LogP contribution < -0.4 is 0 Å². The van der Waals surface area contributed by atoms with Gasteiger partial charge >= 0.3 is 12.0 Å². The molecule has 140 valence electrons. The summed E-state index contributed by atoms with van der Waals surface area (Å²) in [5.74, 6) is -5.75. The highest BCUT2D eigenvalue weighted by atomic mass is 35.5. The van der Waals surface area contributed by atoms with Crippen molar-refractivity contribution in [3.63, 3.8) is 0 Å². The third kappa shape index (κ3) is 5.12. The van der Waals surface area contributed by atoms with E-state index in [-0.39, 0.29) is 12.0 Å². The largest absolute Gasteiger partial charge is 0.438 e. The lowest BCUT2D eigenvalue weighted by molar-refractivity contribution is -0.171. The number of aliphatic hydroxyl groups is 1. The van der Waals surface area contributed by atoms with Gasteiger partial charge < -0.3 is 14.7 Å². The Labute approximate surface area is 150 Å². The number of alkyl halides is 2. The van der Waals surface area contributed by atoms with Crippen LogP contribution in [0.3, 0.4) is 0 Å². The van der Waals surface area contributed by atoms with Crippen molar-refractivity contribution in [1.82, 2.24) is 4.90 Å². The summed E-state index contributed by atoms with van der Waals surface area (Å²) in [4.78, 5) is 25.4. The Balaban J connectivity index is 2.95. The first kappa shape index (κ1) is 21.3. The van der Waals surface area contributed by atoms with Gasteiger partial charge in [0.1, 0.15) is 0 Å². The summed E-state index contributed by atoms with van der Waals surface area (Å²) in [6.45, 7) is 5.50. The van der Waals surface area contributed by atoms with E-state index in [1.54, 1.807) is 13.8 Å². The lowest BCUT2D eigenvalue weighted by atomic mass is 9.96. The Hall–Kier alpha value is -1.73. The number of Topliss-reactive ketones (excluding diaryl/α,β-unsaturated/α-hetero) is 1. The molecule has 0 saturated carbocycles. The third-order valence-electron chi connectivity index (χ3n) is 3.79. The summed E-state index contributed by atoms with van der Waals surface area (Å²) in [5, 5.41) is 10.2. The van der Waals surface area contributed by atoms with E-state index in [9.17, 15) is 23.5 Å². The van der Waals surface area contributed by atoms with Gasteiger partial charge in [-0.2, -0.15) is 8.78 Å². The topological polar surface area (TPSA) is 66.8 Å². The molecule has 0 aromatic heterocycles. The van der Waals surface area contributed by atoms with Gasteiger partial charge in [-0.1, -0.05) is 30.7 Å². The van der Waals surface area contributed by atoms with Crippen LogP contribution in [0.2, 0.25) is 5.02 Å². The molecule has 0 saturated heterocycles. The first-order valence-electron chi connectivity index (χ1n) is 8.00. The molecule has 0 spiro atoms. The van der Waals surface area contributed by atoms with Crippen LogP contribution in [-0.4, -0.2) is 47.0 Å². The molecule has 0 radical (unpaired) electrons. The summed E-state index contributed by atoms with van der Waals surface area (Å²) in [6.07, 6.45) is -4.99. The second-order valence-electron chi connectivity index (χ2n) is 5.39. The molecule has 1 aromatic rings. The summed E-state index contributed by atoms with van der Waals surface area (Å²) in [7, 11) is 0. The maximum atomic E-state index is 14.4. The summed E-state index contributed by atoms with van der Waals surface area (Å²) < 4.78 is 33.7. The summed E-state index contributed by atoms with van der Waals surface area (Å²) >= 11 is 5.68. The summed E-state index contributed by atoms with van der Waals surface area (Å²) in [6, 6.07) is 5.07. The Kier molecular flexibility index (Phi) is 7.76. The number of hydrogen-bond donors (Lipinski definition) is 1. The van der Waals surface area contributed by atoms with Crippen LogP contribution in [0.15, 0.2) is 24.3 Å². The van der Waals surface area contributed by atoms with Crippen LogP contribution in [0.25, 0.3) is 0 Å². The van der Waals surface area contributed by atoms with E-state index in [0.29, 0.717) is 18.1 Å². The van der Waals surface area contributed by atoms with Crippen molar-refractivity contribution < 1.29 is 28.2 Å². The number of halogens is 3. The highest BCUT2D eigenvalue weighted by Crippen LogP contribution is 2.34. The van der Waals surface area contributed by atoms with Crippen LogP contribution in [-0.2, 0) is 9.53 Å². The van der Waals surface area contributed by atoms with Crippen LogP contribution >= 0.6 is 11.6 Å². The maximum Gasteiger partial charge on any atom is 0.410 e. The predicted molar refractivity (Wildman–Crippen MR) is 89.8 cm³/mol. The van der Waals surface area contributed by atoms with Gasteiger partial charge in [0.2, 0.25) is 5.78 Å². The minimum atomic E-state index is -4.11. The van der Waals surface area contributed by atoms with E-state index in [1.165, 1.54) is 36.1 Å². The van der Waals surface area contributed by atoms with Gasteiger partial charge in [0.15, 0.2) is 12.2 Å². The highest BCUT2D eigenvalue weighted by Gasteiger charge is 2.50. The fourth-order valence-electron chi connectivity index (χ4n) is 2.20. The minimum absolute atomic E-state index is 0.130. The zero-order valence-electron chi connectivity index (χ0n) is 14.3. The van der Waals surface area contributed by atoms with Crippen molar-refractivity contribution in [1.29, 1.82) is 0 Å². The first-order chi connectivity index (χ1) is 11.7. The van der Waals surface area contributed by atoms with Crippen molar-refractivity contribution in [3.05, 3.63) is 34.9 Å². The molecule has 1 amide bonds. The summed E-state index contributed by atoms with van der Waals surface area (Å²) in [5.41, 5.74) is -0.160. The second-order valence-corrected chi connectivity index (χ2v) is 5.83. The third-order valence-corrected chi connectivity index (χ3v) is 4.04. The molecule has 0 bridgehead atoms. The van der Waals surface area contributed by atoms with Crippen molar-refractivity contribution in [2.75, 3.05) is 13.1 Å². The normalized spacial score (nSPS) is 13.9. The van der Waals surface area contributed by atoms with Crippen molar-refractivity contribution >= 4 is 23.5 Å². The Bertz CT molecular complexity index is 591. The molecule has 8 heteroatoms. The van der Waals surface area contributed by atoms with Gasteiger partial charge in [0.25, 0.3) is 0 Å². The molecular formula is C17H22ClF2NO4. The Morgan fingerprint density at radius 3 is 2.16 bits per heavy atom. The fraction of sp³-hybridized carbons (Fsp3) is 0.529. The number of hydrogen-bond acceptors (Lipinski definition) is 4. The molecular weight excluding hydrogens is 356 g/mol. The Morgan fingerprint density at radius 1 is 1.20 bits per heavy atom. The second kappa shape index (κ2) is 9.10. The average Bonchev–Trinajstić information content (AvgIpc) is 2.60. The molecule has 25 heavy (non-hydrogen) atoms. The molecule has 0 heterocycles. The zero-order chi connectivity index (χ0) is 19.2. The molecule has 1 N–H and O–H groups in total. The quantitative estimate of drug-likeness (QED) is 0.747. The van der Waals surface area contributed by atoms with Crippen LogP contribution in [0.1, 0.15) is 38.9 Å². The molecule has 0 unspecified atom stereocenters. The lowest BCUT2D eigenvalue weighted by Gasteiger charge is -2.27. The molecule has 1 aromatic carbocycles. The molecule has 0 aliphatic carbocycles. The predicted octanol–water partition coefficient (Wildman–Crippen LogP) is 3.83. The standard InChI is InChI=1S/C17H22ClF2NO4/c1-4-13(25-16(24)21(5-2)6-3)15(23)17(19,20)14(22)11-7-9-12(18)10-8-11/h7-10,13-14,22H,4-6H2,1-3H3/t13-,14+/m1/s1. The monoisotopic (exact) mass is 377 g/mol. The molecule has 0 aliphatic heterocycles. The number of carbonyl (C=O) groups is 2. The van der Waals surface area contributed by atoms with Crippen molar-refractivity contribution in [2.45, 2.75) is 45.3 Å². The van der Waals surface area contributed by atoms with Crippen LogP contribution in [0.5, 0.6) is 0 Å². The van der Waals surface area contributed by atoms with E-state index in [2.05, 4.69) is 0 Å². The zero-order valence-corrected chi connectivity index (χ0v) is 15.1. The molecule has 0 aliphatic rings. The van der Waals surface area contributed by atoms with E-state index >= 15 is 0 Å². The SMILES string of the molecule is CC[C@@H](OC(=O)N(CC)CC)C(=O)C(F)(F)[C@@H](O)c1ccc(Cl)cc1. The molecule has 2 atom stereocenters. The molecule has 1 rings (SSSR count). The maximum absolute atomic E-state index is 14.4. The van der Waals surface area contributed by atoms with E-state index in [4.69, 9.17) is 16.3 Å². The molecule has 5 nitrogen and oxygen atoms in total. The number of nitrogens with zero attached hydrogens (tertiary/aromatic N) is 1. The fourth-order valence-corrected chi connectivity index (χ4v) is 2.33. The number of rotatable bonds is 8. The molecule has 0 fully saturated rings. The van der Waals surface area contributed by atoms with Crippen molar-refractivity contribution in [2.24, 2.45) is 0 Å². The minimum Gasteiger partial charge on any atom is -0.438 e. The number of benzene rings is 1. The smallest absolute Gasteiger partial charge is 0.410 e. The number of ether oxygens (including phenoxy) is 1. The Morgan fingerprint density at radius 2 is 1.72 bits per heavy atom. The number of carbonyl (C=O) groups excluding carboxylic acids is 2. The van der Waals surface area contributed by atoms with E-state index in [0.717, 1.165) is 0 Å². The van der Waals surface area contributed by atoms with Gasteiger partial charge in [-0.05, 0) is 38.0 Å². The average molecular weight is 378 g/mol. The van der Waals surface area contributed by atoms with Crippen LogP contribution in [0, 0.1) is 0 Å². The number of aliphatic hydroxyl groups excluding tert-OH is 1. The van der Waals surface area contributed by atoms with Crippen LogP contribution in [0.4, 0.5) is 13.6 Å². The van der Waals surface area contributed by atoms with Gasteiger partial charge in [-0.3, -0.25) is 4.79 Å². The van der Waals surface area contributed by atoms with E-state index < -0.39 is 30.0 Å². The van der Waals surface area contributed by atoms with Gasteiger partial charge in [-0.25, -0.2) is 4.79 Å². The van der Waals surface area contributed by atoms with Gasteiger partial charge in [0.05, 0.1) is 0 Å². The number of ketones is 1.